The molecule has 0 radical (unpaired) electrons. The maximum Gasteiger partial charge on any atom is 0.408 e. The molecule has 0 spiro atoms. The summed E-state index contributed by atoms with van der Waals surface area (Å²) < 4.78 is 29.5. The minimum absolute atomic E-state index is 0.0851. The molecule has 1 saturated heterocycles. The van der Waals surface area contributed by atoms with E-state index in [-0.39, 0.29) is 29.7 Å². The highest BCUT2D eigenvalue weighted by Crippen LogP contribution is 2.64. The van der Waals surface area contributed by atoms with E-state index < -0.39 is 112 Å². The summed E-state index contributed by atoms with van der Waals surface area (Å²) in [5.41, 5.74) is -8.21. The molecule has 58 heavy (non-hydrogen) atoms. The van der Waals surface area contributed by atoms with Gasteiger partial charge in [0.2, 0.25) is 0 Å². The van der Waals surface area contributed by atoms with E-state index in [2.05, 4.69) is 5.32 Å². The molecule has 3 fully saturated rings. The summed E-state index contributed by atoms with van der Waals surface area (Å²) in [5.74, 6) is -5.32. The predicted molar refractivity (Wildman–Crippen MR) is 204 cm³/mol. The molecule has 11 atom stereocenters. The van der Waals surface area contributed by atoms with Crippen molar-refractivity contribution >= 4 is 29.8 Å². The number of esters is 3. The van der Waals surface area contributed by atoms with Gasteiger partial charge in [-0.1, -0.05) is 69.3 Å². The molecule has 1 heterocycles. The number of alkyl carbamates (subject to hydrolysis) is 1. The number of ketones is 1. The van der Waals surface area contributed by atoms with Crippen LogP contribution in [0.4, 0.5) is 4.79 Å². The Morgan fingerprint density at radius 1 is 0.948 bits per heavy atom. The Kier molecular flexibility index (Phi) is 11.2. The van der Waals surface area contributed by atoms with Crippen LogP contribution < -0.4 is 5.32 Å². The van der Waals surface area contributed by atoms with Crippen LogP contribution in [0.1, 0.15) is 90.2 Å². The van der Waals surface area contributed by atoms with Crippen LogP contribution in [0.5, 0.6) is 0 Å². The molecule has 15 heteroatoms. The molecule has 2 aromatic rings. The fraction of sp³-hybridized carbons (Fsp3) is 0.558. The Labute approximate surface area is 336 Å². The molecule has 15 nitrogen and oxygen atoms in total. The second-order valence-corrected chi connectivity index (χ2v) is 17.6. The van der Waals surface area contributed by atoms with E-state index in [0.717, 1.165) is 6.92 Å². The molecule has 2 saturated carbocycles. The third-order valence-corrected chi connectivity index (χ3v) is 12.6. The van der Waals surface area contributed by atoms with Gasteiger partial charge >= 0.3 is 24.0 Å². The summed E-state index contributed by atoms with van der Waals surface area (Å²) in [6, 6.07) is 14.6. The highest BCUT2D eigenvalue weighted by Gasteiger charge is 2.78. The molecule has 6 rings (SSSR count). The molecule has 2 unspecified atom stereocenters. The van der Waals surface area contributed by atoms with Gasteiger partial charge < -0.3 is 49.4 Å². The highest BCUT2D eigenvalue weighted by molar-refractivity contribution is 6.02. The second kappa shape index (κ2) is 15.2. The van der Waals surface area contributed by atoms with Crippen LogP contribution in [0, 0.1) is 16.7 Å². The van der Waals surface area contributed by atoms with Crippen LogP contribution in [0.3, 0.4) is 0 Å². The van der Waals surface area contributed by atoms with Crippen molar-refractivity contribution < 1.29 is 68.1 Å². The zero-order valence-corrected chi connectivity index (χ0v) is 33.9. The number of fused-ring (bicyclic) bond motifs is 5. The SMILES string of the molecule is CC(=O)O[C@@]12CO[C@@H]1C[C@H](O)[C@@]1(C)C(O)C(=O)C3=C(C)[C@@H](OC(=O)[C@H](O)[C@@H](NC(=O)OC(C)(C)C)c4ccccc4)C[C@@](O)([C@@H](OC(=O)c4ccccc4)C12)C3(C)C. The average molecular weight is 808 g/mol. The van der Waals surface area contributed by atoms with E-state index >= 15 is 0 Å². The van der Waals surface area contributed by atoms with Crippen molar-refractivity contribution in [2.75, 3.05) is 6.61 Å². The predicted octanol–water partition coefficient (Wildman–Crippen LogP) is 3.26. The monoisotopic (exact) mass is 807 g/mol. The Morgan fingerprint density at radius 2 is 1.55 bits per heavy atom. The van der Waals surface area contributed by atoms with Crippen molar-refractivity contribution in [3.05, 3.63) is 82.9 Å². The first kappa shape index (κ1) is 42.9. The summed E-state index contributed by atoms with van der Waals surface area (Å²) in [6.45, 7) is 11.8. The van der Waals surface area contributed by atoms with Gasteiger partial charge in [-0.15, -0.1) is 0 Å². The smallest absolute Gasteiger partial charge is 0.408 e. The standard InChI is InChI=1S/C43H53NO14/c1-22-26(55-37(51)32(48)30(24-15-11-9-12-16-24)44-38(52)58-39(3,4)5)20-43(53)35(56-36(50)25-17-13-10-14-18-25)33-41(8,34(49)31(47)29(22)40(43,6)7)27(46)19-28-42(33,21-54-28)57-23(2)45/h9-18,26-28,30,32-35,46,48-49,53H,19-21H2,1-8H3,(H,44,52)/t26-,27-,28+,30-,32+,33?,34?,35-,41+,42-,43+/m0/s1. The first-order chi connectivity index (χ1) is 27.0. The quantitative estimate of drug-likeness (QED) is 0.191. The Hall–Kier alpha value is -4.67. The Bertz CT molecular complexity index is 1980. The number of benzene rings is 2. The van der Waals surface area contributed by atoms with E-state index in [1.165, 1.54) is 39.8 Å². The lowest BCUT2D eigenvalue weighted by atomic mass is 9.44. The van der Waals surface area contributed by atoms with Crippen LogP contribution in [0.15, 0.2) is 71.8 Å². The minimum atomic E-state index is -2.37. The van der Waals surface area contributed by atoms with E-state index in [0.29, 0.717) is 5.56 Å². The topological polar surface area (TPSA) is 224 Å². The summed E-state index contributed by atoms with van der Waals surface area (Å²) in [7, 11) is 0. The van der Waals surface area contributed by atoms with Gasteiger partial charge in [-0.25, -0.2) is 14.4 Å². The molecule has 1 aliphatic heterocycles. The Morgan fingerprint density at radius 3 is 2.10 bits per heavy atom. The second-order valence-electron chi connectivity index (χ2n) is 17.6. The van der Waals surface area contributed by atoms with E-state index in [4.69, 9.17) is 23.7 Å². The molecule has 1 amide bonds. The van der Waals surface area contributed by atoms with Gasteiger partial charge in [-0.2, -0.15) is 0 Å². The minimum Gasteiger partial charge on any atom is -0.456 e. The fourth-order valence-electron chi connectivity index (χ4n) is 9.54. The van der Waals surface area contributed by atoms with Gasteiger partial charge in [-0.05, 0) is 51.0 Å². The first-order valence-corrected chi connectivity index (χ1v) is 19.3. The van der Waals surface area contributed by atoms with Gasteiger partial charge in [0.25, 0.3) is 0 Å². The van der Waals surface area contributed by atoms with Crippen molar-refractivity contribution in [1.82, 2.24) is 5.32 Å². The zero-order valence-electron chi connectivity index (χ0n) is 33.9. The zero-order chi connectivity index (χ0) is 42.7. The average Bonchev–Trinajstić information content (AvgIpc) is 3.14. The van der Waals surface area contributed by atoms with Crippen molar-refractivity contribution in [2.45, 2.75) is 128 Å². The molecule has 4 aliphatic rings. The maximum absolute atomic E-state index is 14.8. The maximum atomic E-state index is 14.8. The number of hydrogen-bond acceptors (Lipinski definition) is 14. The van der Waals surface area contributed by atoms with E-state index in [9.17, 15) is 44.4 Å². The molecular weight excluding hydrogens is 754 g/mol. The lowest BCUT2D eigenvalue weighted by molar-refractivity contribution is -0.357. The third-order valence-electron chi connectivity index (χ3n) is 12.6. The number of Topliss-reactive ketones (excluding diaryl/α,β-unsaturated/α-hetero) is 1. The number of aliphatic hydroxyl groups excluding tert-OH is 3. The molecule has 3 aliphatic carbocycles. The summed E-state index contributed by atoms with van der Waals surface area (Å²) >= 11 is 0. The molecule has 314 valence electrons. The first-order valence-electron chi connectivity index (χ1n) is 19.3. The number of aliphatic hydroxyl groups is 4. The summed E-state index contributed by atoms with van der Waals surface area (Å²) in [5, 5.41) is 51.7. The number of carbonyl (C=O) groups excluding carboxylic acids is 5. The van der Waals surface area contributed by atoms with Crippen LogP contribution in [-0.2, 0) is 38.1 Å². The van der Waals surface area contributed by atoms with E-state index in [1.54, 1.807) is 69.3 Å². The lowest BCUT2D eigenvalue weighted by Gasteiger charge is -2.68. The van der Waals surface area contributed by atoms with E-state index in [1.807, 2.05) is 0 Å². The van der Waals surface area contributed by atoms with Gasteiger partial charge in [0.1, 0.15) is 35.6 Å². The number of amides is 1. The third kappa shape index (κ3) is 7.10. The van der Waals surface area contributed by atoms with Crippen LogP contribution in [-0.4, -0.2) is 110 Å². The molecule has 5 N–H and O–H groups in total. The van der Waals surface area contributed by atoms with Gasteiger partial charge in [0, 0.05) is 36.2 Å². The van der Waals surface area contributed by atoms with Crippen molar-refractivity contribution in [3.8, 4) is 0 Å². The van der Waals surface area contributed by atoms with Gasteiger partial charge in [0.05, 0.1) is 30.2 Å². The van der Waals surface area contributed by atoms with Crippen molar-refractivity contribution in [2.24, 2.45) is 16.7 Å². The van der Waals surface area contributed by atoms with Crippen LogP contribution in [0.25, 0.3) is 0 Å². The van der Waals surface area contributed by atoms with Crippen LogP contribution in [0.2, 0.25) is 0 Å². The lowest BCUT2D eigenvalue weighted by Crippen LogP contribution is -2.82. The number of ether oxygens (including phenoxy) is 5. The number of rotatable bonds is 8. The number of hydrogen-bond donors (Lipinski definition) is 5. The summed E-state index contributed by atoms with van der Waals surface area (Å²) in [4.78, 5) is 68.8. The molecule has 2 bridgehead atoms. The fourth-order valence-corrected chi connectivity index (χ4v) is 9.54. The number of nitrogens with one attached hydrogen (secondary N) is 1. The van der Waals surface area contributed by atoms with Gasteiger partial charge in [-0.3, -0.25) is 9.59 Å². The van der Waals surface area contributed by atoms with Crippen molar-refractivity contribution in [1.29, 1.82) is 0 Å². The Balaban J connectivity index is 1.49. The van der Waals surface area contributed by atoms with Crippen LogP contribution >= 0.6 is 0 Å². The highest BCUT2D eigenvalue weighted by atomic mass is 16.6. The molecular formula is C43H53NO14. The largest absolute Gasteiger partial charge is 0.456 e. The molecule has 0 aromatic heterocycles. The van der Waals surface area contributed by atoms with Gasteiger partial charge in [0.15, 0.2) is 17.5 Å². The number of carbonyl (C=O) groups is 5. The normalized spacial score (nSPS) is 33.7. The van der Waals surface area contributed by atoms with Crippen molar-refractivity contribution in [3.63, 3.8) is 0 Å². The molecule has 2 aromatic carbocycles. The summed E-state index contributed by atoms with van der Waals surface area (Å²) in [6.07, 6.45) is -11.4.